The normalized spacial score (nSPS) is 9.87. The van der Waals surface area contributed by atoms with Gasteiger partial charge < -0.3 is 9.52 Å². The summed E-state index contributed by atoms with van der Waals surface area (Å²) in [7, 11) is 0. The summed E-state index contributed by atoms with van der Waals surface area (Å²) in [4.78, 5) is 13.5. The van der Waals surface area contributed by atoms with Crippen molar-refractivity contribution in [3.63, 3.8) is 0 Å². The lowest BCUT2D eigenvalue weighted by Crippen LogP contribution is -1.94. The summed E-state index contributed by atoms with van der Waals surface area (Å²) in [6.45, 7) is 0. The topological polar surface area (TPSA) is 99.2 Å². The van der Waals surface area contributed by atoms with Crippen molar-refractivity contribution in [2.75, 3.05) is 0 Å². The summed E-state index contributed by atoms with van der Waals surface area (Å²) in [6, 6.07) is 5.39. The first-order valence-corrected chi connectivity index (χ1v) is 4.02. The zero-order valence-electron chi connectivity index (χ0n) is 7.41. The first-order chi connectivity index (χ1) is 7.20. The Kier molecular flexibility index (Phi) is 2.04. The zero-order valence-corrected chi connectivity index (χ0v) is 7.41. The van der Waals surface area contributed by atoms with Gasteiger partial charge in [-0.1, -0.05) is 11.2 Å². The maximum Gasteiger partial charge on any atom is 0.339 e. The number of rotatable bonds is 1. The third kappa shape index (κ3) is 1.61. The number of benzene rings is 1. The molecule has 0 saturated heterocycles. The van der Waals surface area contributed by atoms with Crippen LogP contribution in [0.4, 0.5) is 5.69 Å². The van der Waals surface area contributed by atoms with Crippen molar-refractivity contribution in [1.29, 1.82) is 0 Å². The van der Waals surface area contributed by atoms with Gasteiger partial charge in [0.2, 0.25) is 0 Å². The fourth-order valence-electron chi connectivity index (χ4n) is 1.25. The molecule has 0 bridgehead atoms. The summed E-state index contributed by atoms with van der Waals surface area (Å²) in [5, 5.41) is 13.2. The largest absolute Gasteiger partial charge is 0.507 e. The first-order valence-electron chi connectivity index (χ1n) is 4.02. The Hall–Kier alpha value is -2.46. The van der Waals surface area contributed by atoms with Crippen LogP contribution in [0.15, 0.2) is 38.6 Å². The molecule has 0 radical (unpaired) electrons. The molecule has 0 saturated carbocycles. The van der Waals surface area contributed by atoms with Crippen LogP contribution in [0.1, 0.15) is 0 Å². The Bertz CT molecular complexity index is 626. The van der Waals surface area contributed by atoms with Gasteiger partial charge in [-0.2, -0.15) is 0 Å². The van der Waals surface area contributed by atoms with Crippen molar-refractivity contribution in [1.82, 2.24) is 0 Å². The van der Waals surface area contributed by atoms with Crippen LogP contribution in [-0.4, -0.2) is 5.11 Å². The van der Waals surface area contributed by atoms with E-state index in [1.54, 1.807) is 0 Å². The second-order valence-corrected chi connectivity index (χ2v) is 2.82. The zero-order chi connectivity index (χ0) is 10.8. The molecule has 6 nitrogen and oxygen atoms in total. The van der Waals surface area contributed by atoms with Crippen LogP contribution in [0.3, 0.4) is 0 Å². The monoisotopic (exact) mass is 203 g/mol. The quantitative estimate of drug-likeness (QED) is 0.333. The van der Waals surface area contributed by atoms with E-state index in [0.717, 1.165) is 6.07 Å². The summed E-state index contributed by atoms with van der Waals surface area (Å²) < 4.78 is 4.83. The SMILES string of the molecule is [N-]=[N+]=Nc1ccc2c(O)cc(=O)oc2c1. The molecule has 0 unspecified atom stereocenters. The minimum Gasteiger partial charge on any atom is -0.507 e. The summed E-state index contributed by atoms with van der Waals surface area (Å²) in [6.07, 6.45) is 0. The maximum atomic E-state index is 10.9. The minimum absolute atomic E-state index is 0.159. The highest BCUT2D eigenvalue weighted by atomic mass is 16.4. The molecule has 6 heteroatoms. The number of hydrogen-bond donors (Lipinski definition) is 1. The molecule has 2 aromatic rings. The molecule has 1 aromatic heterocycles. The Morgan fingerprint density at radius 2 is 2.20 bits per heavy atom. The molecule has 1 heterocycles. The van der Waals surface area contributed by atoms with E-state index in [9.17, 15) is 9.90 Å². The van der Waals surface area contributed by atoms with Gasteiger partial charge in [0.1, 0.15) is 11.3 Å². The van der Waals surface area contributed by atoms with Gasteiger partial charge in [0.25, 0.3) is 0 Å². The van der Waals surface area contributed by atoms with Gasteiger partial charge in [0.05, 0.1) is 11.5 Å². The third-order valence-corrected chi connectivity index (χ3v) is 1.87. The minimum atomic E-state index is -0.655. The molecular weight excluding hydrogens is 198 g/mol. The number of nitrogens with zero attached hydrogens (tertiary/aromatic N) is 3. The average molecular weight is 203 g/mol. The molecule has 15 heavy (non-hydrogen) atoms. The lowest BCUT2D eigenvalue weighted by Gasteiger charge is -1.99. The summed E-state index contributed by atoms with van der Waals surface area (Å²) in [5.41, 5.74) is 8.07. The van der Waals surface area contributed by atoms with Crippen LogP contribution in [0.25, 0.3) is 21.4 Å². The van der Waals surface area contributed by atoms with Crippen molar-refractivity contribution in [2.45, 2.75) is 0 Å². The highest BCUT2D eigenvalue weighted by molar-refractivity contribution is 5.85. The van der Waals surface area contributed by atoms with Crippen LogP contribution in [0.2, 0.25) is 0 Å². The number of hydrogen-bond acceptors (Lipinski definition) is 4. The molecule has 0 aliphatic heterocycles. The van der Waals surface area contributed by atoms with Gasteiger partial charge >= 0.3 is 5.63 Å². The Labute approximate surface area is 83.0 Å². The van der Waals surface area contributed by atoms with Crippen LogP contribution >= 0.6 is 0 Å². The number of fused-ring (bicyclic) bond motifs is 1. The van der Waals surface area contributed by atoms with Gasteiger partial charge in [-0.25, -0.2) is 4.79 Å². The Balaban J connectivity index is 2.81. The standard InChI is InChI=1S/C9H5N3O3/c10-12-11-5-1-2-6-7(13)4-9(14)15-8(6)3-5/h1-4,13H. The molecule has 1 N–H and O–H groups in total. The van der Waals surface area contributed by atoms with Crippen molar-refractivity contribution in [3.8, 4) is 5.75 Å². The third-order valence-electron chi connectivity index (χ3n) is 1.87. The first kappa shape index (κ1) is 9.11. The lowest BCUT2D eigenvalue weighted by atomic mass is 10.2. The van der Waals surface area contributed by atoms with Crippen molar-refractivity contribution >= 4 is 16.7 Å². The highest BCUT2D eigenvalue weighted by Gasteiger charge is 2.04. The molecule has 1 aromatic carbocycles. The van der Waals surface area contributed by atoms with Crippen LogP contribution in [0, 0.1) is 0 Å². The Morgan fingerprint density at radius 3 is 2.93 bits per heavy atom. The molecule has 0 spiro atoms. The van der Waals surface area contributed by atoms with E-state index in [1.807, 2.05) is 0 Å². The molecule has 0 aliphatic carbocycles. The van der Waals surface area contributed by atoms with E-state index >= 15 is 0 Å². The van der Waals surface area contributed by atoms with E-state index in [2.05, 4.69) is 10.0 Å². The molecular formula is C9H5N3O3. The fraction of sp³-hybridized carbons (Fsp3) is 0. The van der Waals surface area contributed by atoms with Crippen LogP contribution < -0.4 is 5.63 Å². The highest BCUT2D eigenvalue weighted by Crippen LogP contribution is 2.26. The molecule has 0 atom stereocenters. The summed E-state index contributed by atoms with van der Waals surface area (Å²) in [5.74, 6) is -0.159. The maximum absolute atomic E-state index is 10.9. The second kappa shape index (κ2) is 3.36. The number of aromatic hydroxyl groups is 1. The van der Waals surface area contributed by atoms with E-state index in [-0.39, 0.29) is 11.3 Å². The smallest absolute Gasteiger partial charge is 0.339 e. The predicted molar refractivity (Wildman–Crippen MR) is 53.0 cm³/mol. The number of azide groups is 1. The van der Waals surface area contributed by atoms with Crippen molar-refractivity contribution < 1.29 is 9.52 Å². The van der Waals surface area contributed by atoms with E-state index in [4.69, 9.17) is 9.95 Å². The predicted octanol–water partition coefficient (Wildman–Crippen LogP) is 2.44. The van der Waals surface area contributed by atoms with Gasteiger partial charge in [0.15, 0.2) is 0 Å². The molecule has 0 aliphatic rings. The van der Waals surface area contributed by atoms with Gasteiger partial charge in [-0.15, -0.1) is 0 Å². The van der Waals surface area contributed by atoms with Crippen molar-refractivity contribution in [3.05, 3.63) is 45.1 Å². The molecule has 74 valence electrons. The van der Waals surface area contributed by atoms with Gasteiger partial charge in [-0.05, 0) is 17.7 Å². The van der Waals surface area contributed by atoms with E-state index in [0.29, 0.717) is 11.1 Å². The van der Waals surface area contributed by atoms with Crippen LogP contribution in [0.5, 0.6) is 5.75 Å². The molecule has 2 rings (SSSR count). The lowest BCUT2D eigenvalue weighted by molar-refractivity contribution is 0.468. The second-order valence-electron chi connectivity index (χ2n) is 2.82. The van der Waals surface area contributed by atoms with Gasteiger partial charge in [-0.3, -0.25) is 0 Å². The molecule has 0 amide bonds. The Morgan fingerprint density at radius 1 is 1.40 bits per heavy atom. The van der Waals surface area contributed by atoms with E-state index < -0.39 is 5.63 Å². The van der Waals surface area contributed by atoms with Crippen LogP contribution in [-0.2, 0) is 0 Å². The van der Waals surface area contributed by atoms with E-state index in [1.165, 1.54) is 18.2 Å². The fourth-order valence-corrected chi connectivity index (χ4v) is 1.25. The average Bonchev–Trinajstić information content (AvgIpc) is 2.17. The molecule has 0 fully saturated rings. The van der Waals surface area contributed by atoms with Gasteiger partial charge in [0, 0.05) is 10.6 Å². The summed E-state index contributed by atoms with van der Waals surface area (Å²) >= 11 is 0. The van der Waals surface area contributed by atoms with Crippen molar-refractivity contribution in [2.24, 2.45) is 5.11 Å².